The van der Waals surface area contributed by atoms with Crippen LogP contribution in [0.3, 0.4) is 0 Å². The average molecular weight is 278 g/mol. The van der Waals surface area contributed by atoms with Crippen molar-refractivity contribution in [2.45, 2.75) is 13.8 Å². The van der Waals surface area contributed by atoms with E-state index in [1.54, 1.807) is 24.5 Å². The van der Waals surface area contributed by atoms with E-state index in [1.807, 2.05) is 0 Å². The van der Waals surface area contributed by atoms with Crippen LogP contribution in [0.5, 0.6) is 0 Å². The summed E-state index contributed by atoms with van der Waals surface area (Å²) < 4.78 is 1.71. The Morgan fingerprint density at radius 3 is 2.26 bits per heavy atom. The summed E-state index contributed by atoms with van der Waals surface area (Å²) in [6, 6.07) is 7.48. The minimum atomic E-state index is -1.04. The highest BCUT2D eigenvalue weighted by Crippen LogP contribution is 2.22. The minimum absolute atomic E-state index is 0.106. The van der Waals surface area contributed by atoms with Gasteiger partial charge in [0.2, 0.25) is 0 Å². The molecule has 1 heterocycles. The summed E-state index contributed by atoms with van der Waals surface area (Å²) >= 11 is 5.94. The first-order valence-electron chi connectivity index (χ1n) is 5.63. The third kappa shape index (κ3) is 2.53. The summed E-state index contributed by atoms with van der Waals surface area (Å²) in [5.41, 5.74) is 1.81. The molecule has 4 nitrogen and oxygen atoms in total. The molecule has 0 unspecified atom stereocenters. The Kier molecular flexibility index (Phi) is 3.44. The molecule has 0 radical (unpaired) electrons. The summed E-state index contributed by atoms with van der Waals surface area (Å²) in [7, 11) is 0. The summed E-state index contributed by atoms with van der Waals surface area (Å²) in [4.78, 5) is 22.7. The normalized spacial score (nSPS) is 10.5. The van der Waals surface area contributed by atoms with Gasteiger partial charge >= 0.3 is 5.97 Å². The zero-order valence-corrected chi connectivity index (χ0v) is 11.2. The van der Waals surface area contributed by atoms with Crippen LogP contribution < -0.4 is 5.43 Å². The van der Waals surface area contributed by atoms with Crippen LogP contribution >= 0.6 is 11.6 Å². The van der Waals surface area contributed by atoms with Gasteiger partial charge in [0.25, 0.3) is 0 Å². The van der Waals surface area contributed by atoms with Crippen LogP contribution in [0.15, 0.2) is 35.1 Å². The van der Waals surface area contributed by atoms with Crippen LogP contribution in [0.1, 0.15) is 21.7 Å². The quantitative estimate of drug-likeness (QED) is 0.918. The van der Waals surface area contributed by atoms with Gasteiger partial charge in [-0.05, 0) is 32.0 Å². The molecule has 0 saturated carbocycles. The standard InChI is InChI=1S/C14H12ClNO3/c1-8-5-11(17)6-9(2)16(8)13-7-10(15)3-4-12(13)14(18)19/h3-7H,1-2H3,(H,18,19). The number of hydrogen-bond donors (Lipinski definition) is 1. The van der Waals surface area contributed by atoms with Crippen molar-refractivity contribution < 1.29 is 9.90 Å². The fraction of sp³-hybridized carbons (Fsp3) is 0.143. The van der Waals surface area contributed by atoms with Crippen LogP contribution in [-0.4, -0.2) is 15.6 Å². The SMILES string of the molecule is Cc1cc(=O)cc(C)n1-c1cc(Cl)ccc1C(=O)O. The zero-order chi connectivity index (χ0) is 14.2. The third-order valence-electron chi connectivity index (χ3n) is 2.84. The van der Waals surface area contributed by atoms with Gasteiger partial charge in [-0.25, -0.2) is 4.79 Å². The molecule has 0 aliphatic heterocycles. The van der Waals surface area contributed by atoms with Crippen LogP contribution in [0.25, 0.3) is 5.69 Å². The van der Waals surface area contributed by atoms with Gasteiger partial charge in [0.15, 0.2) is 5.43 Å². The summed E-state index contributed by atoms with van der Waals surface area (Å²) in [6.45, 7) is 3.50. The molecule has 5 heteroatoms. The average Bonchev–Trinajstić information content (AvgIpc) is 2.27. The van der Waals surface area contributed by atoms with Crippen molar-refractivity contribution in [2.75, 3.05) is 0 Å². The van der Waals surface area contributed by atoms with E-state index < -0.39 is 5.97 Å². The maximum Gasteiger partial charge on any atom is 0.337 e. The number of pyridine rings is 1. The summed E-state index contributed by atoms with van der Waals surface area (Å²) in [5, 5.41) is 9.68. The van der Waals surface area contributed by atoms with Crippen LogP contribution in [0.4, 0.5) is 0 Å². The van der Waals surface area contributed by atoms with Crippen molar-refractivity contribution in [3.05, 3.63) is 62.5 Å². The molecule has 0 aliphatic carbocycles. The number of benzene rings is 1. The molecule has 0 spiro atoms. The van der Waals surface area contributed by atoms with E-state index in [9.17, 15) is 14.7 Å². The predicted octanol–water partition coefficient (Wildman–Crippen LogP) is 2.81. The maximum absolute atomic E-state index is 11.4. The number of rotatable bonds is 2. The Balaban J connectivity index is 2.82. The lowest BCUT2D eigenvalue weighted by Crippen LogP contribution is -2.14. The van der Waals surface area contributed by atoms with E-state index in [2.05, 4.69) is 0 Å². The molecule has 0 aliphatic rings. The highest BCUT2D eigenvalue weighted by Gasteiger charge is 2.14. The topological polar surface area (TPSA) is 59.3 Å². The number of hydrogen-bond acceptors (Lipinski definition) is 2. The predicted molar refractivity (Wildman–Crippen MR) is 73.5 cm³/mol. The molecular weight excluding hydrogens is 266 g/mol. The van der Waals surface area contributed by atoms with Crippen LogP contribution in [0.2, 0.25) is 5.02 Å². The Labute approximate surface area is 114 Å². The second-order valence-electron chi connectivity index (χ2n) is 4.28. The van der Waals surface area contributed by atoms with E-state index >= 15 is 0 Å². The first-order chi connectivity index (χ1) is 8.90. The molecule has 19 heavy (non-hydrogen) atoms. The van der Waals surface area contributed by atoms with Gasteiger partial charge in [0.1, 0.15) is 0 Å². The molecular formula is C14H12ClNO3. The van der Waals surface area contributed by atoms with Crippen molar-refractivity contribution in [3.63, 3.8) is 0 Å². The van der Waals surface area contributed by atoms with Gasteiger partial charge in [-0.1, -0.05) is 11.6 Å². The molecule has 0 amide bonds. The Morgan fingerprint density at radius 2 is 1.74 bits per heavy atom. The number of carboxylic acid groups (broad SMARTS) is 1. The summed E-state index contributed by atoms with van der Waals surface area (Å²) in [6.07, 6.45) is 0. The lowest BCUT2D eigenvalue weighted by Gasteiger charge is -2.16. The second kappa shape index (κ2) is 4.90. The highest BCUT2D eigenvalue weighted by atomic mass is 35.5. The fourth-order valence-corrected chi connectivity index (χ4v) is 2.28. The van der Waals surface area contributed by atoms with Crippen LogP contribution in [0, 0.1) is 13.8 Å². The molecule has 0 atom stereocenters. The first kappa shape index (κ1) is 13.4. The molecule has 1 aromatic carbocycles. The van der Waals surface area contributed by atoms with Crippen molar-refractivity contribution in [3.8, 4) is 5.69 Å². The molecule has 0 saturated heterocycles. The molecule has 98 valence electrons. The van der Waals surface area contributed by atoms with Gasteiger partial charge in [-0.2, -0.15) is 0 Å². The van der Waals surface area contributed by atoms with Gasteiger partial charge in [0, 0.05) is 28.5 Å². The van der Waals surface area contributed by atoms with Crippen molar-refractivity contribution in [2.24, 2.45) is 0 Å². The lowest BCUT2D eigenvalue weighted by atomic mass is 10.1. The van der Waals surface area contributed by atoms with E-state index in [0.29, 0.717) is 22.1 Å². The second-order valence-corrected chi connectivity index (χ2v) is 4.71. The lowest BCUT2D eigenvalue weighted by molar-refractivity contribution is 0.0697. The molecule has 2 rings (SSSR count). The van der Waals surface area contributed by atoms with Gasteiger partial charge in [-0.15, -0.1) is 0 Å². The fourth-order valence-electron chi connectivity index (χ4n) is 2.11. The zero-order valence-electron chi connectivity index (χ0n) is 10.5. The van der Waals surface area contributed by atoms with E-state index in [1.165, 1.54) is 24.3 Å². The van der Waals surface area contributed by atoms with Crippen molar-refractivity contribution in [1.29, 1.82) is 0 Å². The Morgan fingerprint density at radius 1 is 1.16 bits per heavy atom. The van der Waals surface area contributed by atoms with Crippen molar-refractivity contribution >= 4 is 17.6 Å². The van der Waals surface area contributed by atoms with Gasteiger partial charge in [0.05, 0.1) is 11.3 Å². The first-order valence-corrected chi connectivity index (χ1v) is 6.01. The van der Waals surface area contributed by atoms with E-state index in [0.717, 1.165) is 0 Å². The molecule has 2 aromatic rings. The van der Waals surface area contributed by atoms with Crippen molar-refractivity contribution in [1.82, 2.24) is 4.57 Å². The molecule has 1 N–H and O–H groups in total. The number of aryl methyl sites for hydroxylation is 2. The minimum Gasteiger partial charge on any atom is -0.478 e. The van der Waals surface area contributed by atoms with Gasteiger partial charge < -0.3 is 9.67 Å². The number of carboxylic acids is 1. The number of aromatic carboxylic acids is 1. The smallest absolute Gasteiger partial charge is 0.337 e. The number of carbonyl (C=O) groups is 1. The largest absolute Gasteiger partial charge is 0.478 e. The Hall–Kier alpha value is -2.07. The van der Waals surface area contributed by atoms with E-state index in [-0.39, 0.29) is 11.0 Å². The molecule has 0 bridgehead atoms. The summed E-state index contributed by atoms with van der Waals surface area (Å²) in [5.74, 6) is -1.04. The van der Waals surface area contributed by atoms with E-state index in [4.69, 9.17) is 11.6 Å². The van der Waals surface area contributed by atoms with Gasteiger partial charge in [-0.3, -0.25) is 4.79 Å². The number of halogens is 1. The maximum atomic E-state index is 11.4. The number of nitrogens with zero attached hydrogens (tertiary/aromatic N) is 1. The monoisotopic (exact) mass is 277 g/mol. The highest BCUT2D eigenvalue weighted by molar-refractivity contribution is 6.30. The number of aromatic nitrogens is 1. The molecule has 0 fully saturated rings. The van der Waals surface area contributed by atoms with Crippen LogP contribution in [-0.2, 0) is 0 Å². The third-order valence-corrected chi connectivity index (χ3v) is 3.07. The molecule has 1 aromatic heterocycles. The Bertz CT molecular complexity index is 693.